The van der Waals surface area contributed by atoms with Gasteiger partial charge in [0.25, 0.3) is 0 Å². The lowest BCUT2D eigenvalue weighted by Crippen LogP contribution is -2.08. The summed E-state index contributed by atoms with van der Waals surface area (Å²) in [7, 11) is 0. The molecular formula is C10H17N3. The summed E-state index contributed by atoms with van der Waals surface area (Å²) in [6.45, 7) is 2.00. The first-order chi connectivity index (χ1) is 6.29. The van der Waals surface area contributed by atoms with E-state index in [0.717, 1.165) is 18.5 Å². The molecule has 0 bridgehead atoms. The van der Waals surface area contributed by atoms with Gasteiger partial charge in [0, 0.05) is 11.7 Å². The zero-order chi connectivity index (χ0) is 9.26. The van der Waals surface area contributed by atoms with Gasteiger partial charge in [0.2, 0.25) is 0 Å². The van der Waals surface area contributed by atoms with Crippen LogP contribution >= 0.6 is 0 Å². The first kappa shape index (κ1) is 8.75. The lowest BCUT2D eigenvalue weighted by molar-refractivity contribution is 0.688. The van der Waals surface area contributed by atoms with E-state index in [4.69, 9.17) is 5.73 Å². The molecule has 2 rings (SSSR count). The van der Waals surface area contributed by atoms with Gasteiger partial charge in [-0.2, -0.15) is 5.10 Å². The summed E-state index contributed by atoms with van der Waals surface area (Å²) in [5.41, 5.74) is 9.65. The Hall–Kier alpha value is -0.830. The first-order valence-electron chi connectivity index (χ1n) is 5.10. The average Bonchev–Trinajstić information content (AvgIpc) is 2.36. The number of nitrogens with zero attached hydrogens (tertiary/aromatic N) is 1. The highest BCUT2D eigenvalue weighted by Crippen LogP contribution is 2.24. The molecule has 0 aliphatic heterocycles. The molecular weight excluding hydrogens is 162 g/mol. The third-order valence-corrected chi connectivity index (χ3v) is 2.77. The van der Waals surface area contributed by atoms with Crippen molar-refractivity contribution in [2.75, 3.05) is 0 Å². The maximum absolute atomic E-state index is 5.85. The minimum absolute atomic E-state index is 0.0677. The maximum Gasteiger partial charge on any atom is 0.0821 e. The van der Waals surface area contributed by atoms with E-state index in [1.165, 1.54) is 30.5 Å². The summed E-state index contributed by atoms with van der Waals surface area (Å²) in [5, 5.41) is 7.41. The van der Waals surface area contributed by atoms with Crippen molar-refractivity contribution in [1.29, 1.82) is 0 Å². The van der Waals surface area contributed by atoms with E-state index in [9.17, 15) is 0 Å². The first-order valence-corrected chi connectivity index (χ1v) is 5.10. The molecule has 0 aromatic carbocycles. The summed E-state index contributed by atoms with van der Waals surface area (Å²) < 4.78 is 0. The second-order valence-corrected chi connectivity index (χ2v) is 3.92. The van der Waals surface area contributed by atoms with Gasteiger partial charge in [-0.15, -0.1) is 0 Å². The Balaban J connectivity index is 2.34. The number of H-pyrrole nitrogens is 1. The van der Waals surface area contributed by atoms with Gasteiger partial charge in [-0.05, 0) is 38.2 Å². The molecule has 1 aliphatic rings. The number of rotatable bonds is 1. The van der Waals surface area contributed by atoms with Crippen LogP contribution in [-0.2, 0) is 12.8 Å². The zero-order valence-corrected chi connectivity index (χ0v) is 8.14. The van der Waals surface area contributed by atoms with Crippen molar-refractivity contribution in [2.24, 2.45) is 5.73 Å². The SMILES string of the molecule is C[C@H](N)c1n[nH]c2c1CCCCC2. The monoisotopic (exact) mass is 179 g/mol. The molecule has 1 aliphatic carbocycles. The predicted molar refractivity (Wildman–Crippen MR) is 52.4 cm³/mol. The zero-order valence-electron chi connectivity index (χ0n) is 8.14. The number of nitrogens with two attached hydrogens (primary N) is 1. The van der Waals surface area contributed by atoms with Crippen molar-refractivity contribution in [3.8, 4) is 0 Å². The van der Waals surface area contributed by atoms with E-state index in [2.05, 4.69) is 10.2 Å². The molecule has 3 nitrogen and oxygen atoms in total. The fourth-order valence-corrected chi connectivity index (χ4v) is 2.06. The van der Waals surface area contributed by atoms with Gasteiger partial charge in [0.1, 0.15) is 0 Å². The van der Waals surface area contributed by atoms with E-state index in [1.54, 1.807) is 0 Å². The lowest BCUT2D eigenvalue weighted by atomic mass is 10.0. The van der Waals surface area contributed by atoms with Crippen molar-refractivity contribution in [3.05, 3.63) is 17.0 Å². The molecule has 0 amide bonds. The molecule has 72 valence electrons. The van der Waals surface area contributed by atoms with Crippen molar-refractivity contribution >= 4 is 0 Å². The molecule has 3 heteroatoms. The molecule has 1 aromatic rings. The smallest absolute Gasteiger partial charge is 0.0821 e. The van der Waals surface area contributed by atoms with Crippen molar-refractivity contribution < 1.29 is 0 Å². The van der Waals surface area contributed by atoms with Crippen LogP contribution in [0, 0.1) is 0 Å². The van der Waals surface area contributed by atoms with Gasteiger partial charge in [-0.1, -0.05) is 6.42 Å². The quantitative estimate of drug-likeness (QED) is 0.645. The van der Waals surface area contributed by atoms with Crippen LogP contribution in [0.2, 0.25) is 0 Å². The van der Waals surface area contributed by atoms with E-state index < -0.39 is 0 Å². The number of nitrogens with one attached hydrogen (secondary N) is 1. The van der Waals surface area contributed by atoms with Crippen LogP contribution < -0.4 is 5.73 Å². The molecule has 0 saturated heterocycles. The number of aromatic amines is 1. The molecule has 1 atom stereocenters. The minimum atomic E-state index is 0.0677. The van der Waals surface area contributed by atoms with Crippen molar-refractivity contribution in [3.63, 3.8) is 0 Å². The number of hydrogen-bond acceptors (Lipinski definition) is 2. The standard InChI is InChI=1S/C10H17N3/c1-7(11)10-8-5-3-2-4-6-9(8)12-13-10/h7H,2-6,11H2,1H3,(H,12,13)/t7-/m0/s1. The number of fused-ring (bicyclic) bond motifs is 1. The number of aromatic nitrogens is 2. The summed E-state index contributed by atoms with van der Waals surface area (Å²) in [6.07, 6.45) is 6.21. The topological polar surface area (TPSA) is 54.7 Å². The highest BCUT2D eigenvalue weighted by Gasteiger charge is 2.17. The third-order valence-electron chi connectivity index (χ3n) is 2.77. The van der Waals surface area contributed by atoms with Gasteiger partial charge in [0.05, 0.1) is 5.69 Å². The second kappa shape index (κ2) is 3.50. The van der Waals surface area contributed by atoms with Crippen LogP contribution in [0.3, 0.4) is 0 Å². The van der Waals surface area contributed by atoms with Gasteiger partial charge in [-0.25, -0.2) is 0 Å². The third kappa shape index (κ3) is 1.61. The summed E-state index contributed by atoms with van der Waals surface area (Å²) in [6, 6.07) is 0.0677. The highest BCUT2D eigenvalue weighted by molar-refractivity contribution is 5.28. The van der Waals surface area contributed by atoms with Gasteiger partial charge in [0.15, 0.2) is 0 Å². The molecule has 0 fully saturated rings. The second-order valence-electron chi connectivity index (χ2n) is 3.92. The van der Waals surface area contributed by atoms with Crippen LogP contribution in [0.15, 0.2) is 0 Å². The molecule has 1 heterocycles. The molecule has 0 unspecified atom stereocenters. The van der Waals surface area contributed by atoms with E-state index >= 15 is 0 Å². The normalized spacial score (nSPS) is 19.2. The molecule has 13 heavy (non-hydrogen) atoms. The minimum Gasteiger partial charge on any atom is -0.323 e. The number of aryl methyl sites for hydroxylation is 1. The summed E-state index contributed by atoms with van der Waals surface area (Å²) in [4.78, 5) is 0. The van der Waals surface area contributed by atoms with Gasteiger partial charge >= 0.3 is 0 Å². The van der Waals surface area contributed by atoms with Crippen molar-refractivity contribution in [2.45, 2.75) is 45.1 Å². The van der Waals surface area contributed by atoms with Gasteiger partial charge < -0.3 is 5.73 Å². The van der Waals surface area contributed by atoms with E-state index in [-0.39, 0.29) is 6.04 Å². The molecule has 0 saturated carbocycles. The Morgan fingerprint density at radius 3 is 2.85 bits per heavy atom. The Labute approximate surface area is 78.7 Å². The largest absolute Gasteiger partial charge is 0.323 e. The fraction of sp³-hybridized carbons (Fsp3) is 0.700. The molecule has 3 N–H and O–H groups in total. The Morgan fingerprint density at radius 2 is 2.08 bits per heavy atom. The molecule has 0 spiro atoms. The highest BCUT2D eigenvalue weighted by atomic mass is 15.1. The lowest BCUT2D eigenvalue weighted by Gasteiger charge is -2.04. The van der Waals surface area contributed by atoms with Gasteiger partial charge in [-0.3, -0.25) is 5.10 Å². The summed E-state index contributed by atoms with van der Waals surface area (Å²) in [5.74, 6) is 0. The number of hydrogen-bond donors (Lipinski definition) is 2. The fourth-order valence-electron chi connectivity index (χ4n) is 2.06. The van der Waals surface area contributed by atoms with Crippen LogP contribution in [-0.4, -0.2) is 10.2 Å². The Morgan fingerprint density at radius 1 is 1.31 bits per heavy atom. The Kier molecular flexibility index (Phi) is 2.36. The van der Waals surface area contributed by atoms with E-state index in [0.29, 0.717) is 0 Å². The predicted octanol–water partition coefficient (Wildman–Crippen LogP) is 1.70. The van der Waals surface area contributed by atoms with Crippen LogP contribution in [0.4, 0.5) is 0 Å². The van der Waals surface area contributed by atoms with Crippen molar-refractivity contribution in [1.82, 2.24) is 10.2 Å². The van der Waals surface area contributed by atoms with Crippen LogP contribution in [0.25, 0.3) is 0 Å². The van der Waals surface area contributed by atoms with Crippen LogP contribution in [0.1, 0.15) is 49.2 Å². The average molecular weight is 179 g/mol. The molecule has 0 radical (unpaired) electrons. The maximum atomic E-state index is 5.85. The van der Waals surface area contributed by atoms with E-state index in [1.807, 2.05) is 6.92 Å². The molecule has 1 aromatic heterocycles. The Bertz CT molecular complexity index is 288. The van der Waals surface area contributed by atoms with Crippen LogP contribution in [0.5, 0.6) is 0 Å². The summed E-state index contributed by atoms with van der Waals surface area (Å²) >= 11 is 0.